The lowest BCUT2D eigenvalue weighted by Gasteiger charge is -2.41. The van der Waals surface area contributed by atoms with Gasteiger partial charge in [-0.3, -0.25) is 0 Å². The van der Waals surface area contributed by atoms with Crippen LogP contribution in [-0.4, -0.2) is 78.5 Å². The van der Waals surface area contributed by atoms with E-state index in [1.165, 1.54) is 12.0 Å². The predicted molar refractivity (Wildman–Crippen MR) is 178 cm³/mol. The zero-order valence-corrected chi connectivity index (χ0v) is 27.6. The molecule has 2 aromatic carbocycles. The second-order valence-corrected chi connectivity index (χ2v) is 14.7. The molecule has 1 N–H and O–H groups in total. The van der Waals surface area contributed by atoms with E-state index in [0.717, 1.165) is 84.9 Å². The number of amides is 1. The number of likely N-dealkylation sites (N-methyl/N-ethyl adjacent to an activating group) is 1. The molecule has 3 atom stereocenters. The van der Waals surface area contributed by atoms with Gasteiger partial charge in [-0.05, 0) is 95.8 Å². The number of halogens is 1. The normalized spacial score (nSPS) is 25.0. The molecule has 4 heterocycles. The lowest BCUT2D eigenvalue weighted by molar-refractivity contribution is 0.0472. The number of ether oxygens (including phenoxy) is 2. The highest BCUT2D eigenvalue weighted by molar-refractivity contribution is 6.36. The summed E-state index contributed by atoms with van der Waals surface area (Å²) in [5.41, 5.74) is 2.84. The zero-order valence-electron chi connectivity index (χ0n) is 26.9. The summed E-state index contributed by atoms with van der Waals surface area (Å²) in [6, 6.07) is 13.4. The molecule has 2 saturated heterocycles. The maximum absolute atomic E-state index is 12.7. The van der Waals surface area contributed by atoms with Crippen LogP contribution in [-0.2, 0) is 17.7 Å². The van der Waals surface area contributed by atoms with Crippen molar-refractivity contribution in [1.82, 2.24) is 20.2 Å². The number of anilines is 2. The lowest BCUT2D eigenvalue weighted by Crippen LogP contribution is -2.54. The van der Waals surface area contributed by atoms with Gasteiger partial charge in [0.1, 0.15) is 18.0 Å². The molecular formula is C35H45ClN6O3. The number of aromatic nitrogens is 2. The number of hydrogen-bond donors (Lipinski definition) is 1. The molecule has 4 aliphatic rings. The van der Waals surface area contributed by atoms with Crippen LogP contribution >= 0.6 is 11.6 Å². The minimum absolute atomic E-state index is 0.119. The Morgan fingerprint density at radius 2 is 1.78 bits per heavy atom. The van der Waals surface area contributed by atoms with Gasteiger partial charge in [0.15, 0.2) is 0 Å². The highest BCUT2D eigenvalue weighted by Gasteiger charge is 2.44. The van der Waals surface area contributed by atoms with Gasteiger partial charge in [-0.25, -0.2) is 4.79 Å². The first-order valence-electron chi connectivity index (χ1n) is 16.5. The Balaban J connectivity index is 1.17. The third kappa shape index (κ3) is 6.26. The topological polar surface area (TPSA) is 83.1 Å². The Morgan fingerprint density at radius 1 is 1.02 bits per heavy atom. The fraction of sp³-hybridized carbons (Fsp3) is 0.571. The highest BCUT2D eigenvalue weighted by Crippen LogP contribution is 2.42. The molecule has 45 heavy (non-hydrogen) atoms. The average molecular weight is 633 g/mol. The van der Waals surface area contributed by atoms with E-state index in [1.54, 1.807) is 0 Å². The highest BCUT2D eigenvalue weighted by atomic mass is 35.5. The standard InChI is InChI=1S/C35H45ClN6O3/c1-35(2,3)45-34(43)38-31-23-13-14-24(31)19-42(18-23)32-26-15-17-41(29-12-6-9-22-8-5-11-27(36)30(22)29)20-28(26)37-33(39-32)44-21-25-10-7-16-40(25)4/h5-6,8-9,11-12,23-25,31H,7,10,13-21H2,1-4H3,(H,38,43)/t23?,24?,25-,31?/m0/s1. The molecule has 240 valence electrons. The fourth-order valence-electron chi connectivity index (χ4n) is 7.90. The van der Waals surface area contributed by atoms with Gasteiger partial charge in [0.05, 0.1) is 17.3 Å². The van der Waals surface area contributed by atoms with Gasteiger partial charge in [0.2, 0.25) is 0 Å². The summed E-state index contributed by atoms with van der Waals surface area (Å²) < 4.78 is 12.0. The number of likely N-dealkylation sites (tertiary alicyclic amines) is 1. The monoisotopic (exact) mass is 632 g/mol. The van der Waals surface area contributed by atoms with E-state index in [0.29, 0.717) is 37.0 Å². The fourth-order valence-corrected chi connectivity index (χ4v) is 8.17. The summed E-state index contributed by atoms with van der Waals surface area (Å²) >= 11 is 6.74. The number of piperidine rings is 1. The van der Waals surface area contributed by atoms with Gasteiger partial charge in [-0.15, -0.1) is 0 Å². The van der Waals surface area contributed by atoms with Crippen molar-refractivity contribution in [1.29, 1.82) is 0 Å². The Bertz CT molecular complexity index is 1560. The van der Waals surface area contributed by atoms with E-state index < -0.39 is 5.60 Å². The molecule has 1 aliphatic carbocycles. The third-order valence-electron chi connectivity index (χ3n) is 10.1. The number of nitrogens with one attached hydrogen (secondary N) is 1. The molecule has 2 bridgehead atoms. The molecule has 1 amide bonds. The lowest BCUT2D eigenvalue weighted by atomic mass is 9.91. The van der Waals surface area contributed by atoms with Gasteiger partial charge in [0.25, 0.3) is 0 Å². The van der Waals surface area contributed by atoms with Crippen molar-refractivity contribution in [2.75, 3.05) is 49.6 Å². The summed E-state index contributed by atoms with van der Waals surface area (Å²) in [6.07, 6.45) is 5.01. The van der Waals surface area contributed by atoms with E-state index in [1.807, 2.05) is 32.9 Å². The second kappa shape index (κ2) is 12.1. The minimum atomic E-state index is -0.515. The van der Waals surface area contributed by atoms with Crippen molar-refractivity contribution in [2.24, 2.45) is 11.8 Å². The zero-order chi connectivity index (χ0) is 31.3. The van der Waals surface area contributed by atoms with Crippen molar-refractivity contribution < 1.29 is 14.3 Å². The minimum Gasteiger partial charge on any atom is -0.462 e. The van der Waals surface area contributed by atoms with Crippen molar-refractivity contribution in [2.45, 2.75) is 77.1 Å². The summed E-state index contributed by atoms with van der Waals surface area (Å²) in [4.78, 5) is 30.0. The maximum Gasteiger partial charge on any atom is 0.407 e. The molecule has 3 aromatic rings. The van der Waals surface area contributed by atoms with Gasteiger partial charge in [-0.1, -0.05) is 35.9 Å². The van der Waals surface area contributed by atoms with Crippen molar-refractivity contribution >= 4 is 40.0 Å². The molecule has 2 unspecified atom stereocenters. The van der Waals surface area contributed by atoms with Crippen LogP contribution in [0.4, 0.5) is 16.3 Å². The number of benzene rings is 2. The molecule has 0 spiro atoms. The van der Waals surface area contributed by atoms with Gasteiger partial charge in [0, 0.05) is 48.4 Å². The molecule has 1 saturated carbocycles. The van der Waals surface area contributed by atoms with Crippen LogP contribution in [0.15, 0.2) is 36.4 Å². The Morgan fingerprint density at radius 3 is 2.49 bits per heavy atom. The number of fused-ring (bicyclic) bond motifs is 4. The van der Waals surface area contributed by atoms with E-state index in [-0.39, 0.29) is 12.1 Å². The average Bonchev–Trinajstić information content (AvgIpc) is 3.50. The number of carbonyl (C=O) groups is 1. The van der Waals surface area contributed by atoms with Crippen LogP contribution in [0.1, 0.15) is 57.7 Å². The molecule has 0 radical (unpaired) electrons. The molecule has 10 heteroatoms. The smallest absolute Gasteiger partial charge is 0.407 e. The molecule has 3 fully saturated rings. The first-order chi connectivity index (χ1) is 21.6. The van der Waals surface area contributed by atoms with Crippen LogP contribution in [0.5, 0.6) is 6.01 Å². The number of carbonyl (C=O) groups excluding carboxylic acids is 1. The molecule has 3 aliphatic heterocycles. The van der Waals surface area contributed by atoms with Gasteiger partial charge in [-0.2, -0.15) is 9.97 Å². The molecule has 1 aromatic heterocycles. The van der Waals surface area contributed by atoms with Crippen LogP contribution in [0.2, 0.25) is 5.02 Å². The third-order valence-corrected chi connectivity index (χ3v) is 10.4. The number of rotatable bonds is 6. The van der Waals surface area contributed by atoms with Gasteiger partial charge < -0.3 is 29.5 Å². The van der Waals surface area contributed by atoms with E-state index in [9.17, 15) is 4.79 Å². The number of hydrogen-bond acceptors (Lipinski definition) is 8. The van der Waals surface area contributed by atoms with E-state index in [2.05, 4.69) is 51.3 Å². The largest absolute Gasteiger partial charge is 0.462 e. The summed E-state index contributed by atoms with van der Waals surface area (Å²) in [7, 11) is 2.17. The molecule has 9 nitrogen and oxygen atoms in total. The second-order valence-electron chi connectivity index (χ2n) is 14.3. The van der Waals surface area contributed by atoms with Gasteiger partial charge >= 0.3 is 12.1 Å². The van der Waals surface area contributed by atoms with E-state index in [4.69, 9.17) is 31.0 Å². The maximum atomic E-state index is 12.7. The Labute approximate surface area is 271 Å². The van der Waals surface area contributed by atoms with Crippen LogP contribution in [0.25, 0.3) is 10.8 Å². The number of nitrogens with zero attached hydrogens (tertiary/aromatic N) is 5. The quantitative estimate of drug-likeness (QED) is 0.351. The van der Waals surface area contributed by atoms with Crippen molar-refractivity contribution in [3.63, 3.8) is 0 Å². The van der Waals surface area contributed by atoms with Crippen LogP contribution < -0.4 is 19.9 Å². The van der Waals surface area contributed by atoms with Crippen molar-refractivity contribution in [3.05, 3.63) is 52.7 Å². The molecule has 7 rings (SSSR count). The SMILES string of the molecule is CN1CCC[C@H]1COc1nc2c(c(N3CC4CCC(C3)C4NC(=O)OC(C)(C)C)n1)CCN(c1cccc3cccc(Cl)c13)C2. The summed E-state index contributed by atoms with van der Waals surface area (Å²) in [5.74, 6) is 1.69. The molecular weight excluding hydrogens is 588 g/mol. The Kier molecular flexibility index (Phi) is 8.19. The van der Waals surface area contributed by atoms with Crippen LogP contribution in [0.3, 0.4) is 0 Å². The first-order valence-corrected chi connectivity index (χ1v) is 16.9. The number of alkyl carbamates (subject to hydrolysis) is 1. The summed E-state index contributed by atoms with van der Waals surface area (Å²) in [5, 5.41) is 6.19. The summed E-state index contributed by atoms with van der Waals surface area (Å²) in [6.45, 7) is 10.6. The van der Waals surface area contributed by atoms with Crippen LogP contribution in [0, 0.1) is 11.8 Å². The van der Waals surface area contributed by atoms with E-state index >= 15 is 0 Å². The first kappa shape index (κ1) is 30.4. The Hall–Kier alpha value is -3.30. The van der Waals surface area contributed by atoms with Crippen molar-refractivity contribution in [3.8, 4) is 6.01 Å². The predicted octanol–water partition coefficient (Wildman–Crippen LogP) is 6.06.